The van der Waals surface area contributed by atoms with E-state index in [0.717, 1.165) is 31.7 Å². The van der Waals surface area contributed by atoms with Crippen molar-refractivity contribution in [2.45, 2.75) is 6.04 Å². The molecule has 1 aliphatic heterocycles. The minimum Gasteiger partial charge on any atom is -0.493 e. The second-order valence-electron chi connectivity index (χ2n) is 7.88. The van der Waals surface area contributed by atoms with Gasteiger partial charge < -0.3 is 14.2 Å². The van der Waals surface area contributed by atoms with Crippen LogP contribution < -0.4 is 14.2 Å². The minimum atomic E-state index is 0.240. The quantitative estimate of drug-likeness (QED) is 0.480. The van der Waals surface area contributed by atoms with Crippen LogP contribution in [0.15, 0.2) is 77.9 Å². The second-order valence-corrected chi connectivity index (χ2v) is 7.88. The smallest absolute Gasteiger partial charge is 0.203 e. The van der Waals surface area contributed by atoms with E-state index < -0.39 is 0 Å². The van der Waals surface area contributed by atoms with Crippen molar-refractivity contribution in [2.24, 2.45) is 5.10 Å². The van der Waals surface area contributed by atoms with Crippen LogP contribution >= 0.6 is 0 Å². The molecule has 0 aliphatic carbocycles. The van der Waals surface area contributed by atoms with Crippen LogP contribution in [-0.4, -0.2) is 63.6 Å². The maximum absolute atomic E-state index is 5.57. The lowest BCUT2D eigenvalue weighted by molar-refractivity contribution is 0.113. The fourth-order valence-electron chi connectivity index (χ4n) is 4.34. The highest BCUT2D eigenvalue weighted by Gasteiger charge is 2.26. The summed E-state index contributed by atoms with van der Waals surface area (Å²) in [6.45, 7) is 3.55. The number of hydrogen-bond acceptors (Lipinski definition) is 6. The Hall–Kier alpha value is -3.51. The van der Waals surface area contributed by atoms with Gasteiger partial charge in [0.05, 0.1) is 33.6 Å². The first-order valence-corrected chi connectivity index (χ1v) is 11.2. The number of ether oxygens (including phenoxy) is 3. The fraction of sp³-hybridized carbons (Fsp3) is 0.296. The van der Waals surface area contributed by atoms with Crippen molar-refractivity contribution < 1.29 is 14.2 Å². The molecule has 0 radical (unpaired) electrons. The van der Waals surface area contributed by atoms with Gasteiger partial charge in [0, 0.05) is 31.7 Å². The van der Waals surface area contributed by atoms with Crippen LogP contribution in [0.25, 0.3) is 0 Å². The topological polar surface area (TPSA) is 46.5 Å². The van der Waals surface area contributed by atoms with Gasteiger partial charge in [-0.2, -0.15) is 5.10 Å². The van der Waals surface area contributed by atoms with Gasteiger partial charge in [0.25, 0.3) is 0 Å². The molecule has 1 fully saturated rings. The molecule has 3 aromatic carbocycles. The second kappa shape index (κ2) is 10.9. The summed E-state index contributed by atoms with van der Waals surface area (Å²) in [6, 6.07) is 25.5. The van der Waals surface area contributed by atoms with Gasteiger partial charge >= 0.3 is 0 Å². The predicted octanol–water partition coefficient (Wildman–Crippen LogP) is 4.45. The van der Waals surface area contributed by atoms with Crippen LogP contribution in [0.3, 0.4) is 0 Å². The molecule has 0 spiro atoms. The van der Waals surface area contributed by atoms with Gasteiger partial charge in [0.1, 0.15) is 0 Å². The highest BCUT2D eigenvalue weighted by molar-refractivity contribution is 5.86. The molecule has 0 atom stereocenters. The van der Waals surface area contributed by atoms with Gasteiger partial charge in [-0.3, -0.25) is 9.91 Å². The van der Waals surface area contributed by atoms with Gasteiger partial charge in [0.2, 0.25) is 5.75 Å². The predicted molar refractivity (Wildman–Crippen MR) is 132 cm³/mol. The van der Waals surface area contributed by atoms with Crippen molar-refractivity contribution in [2.75, 3.05) is 47.5 Å². The maximum atomic E-state index is 5.57. The number of nitrogens with zero attached hydrogens (tertiary/aromatic N) is 3. The number of benzene rings is 3. The highest BCUT2D eigenvalue weighted by Crippen LogP contribution is 2.39. The van der Waals surface area contributed by atoms with Crippen molar-refractivity contribution in [3.05, 3.63) is 89.5 Å². The Morgan fingerprint density at radius 3 is 1.79 bits per heavy atom. The average Bonchev–Trinajstić information content (AvgIpc) is 2.89. The Morgan fingerprint density at radius 1 is 0.697 bits per heavy atom. The van der Waals surface area contributed by atoms with E-state index in [9.17, 15) is 0 Å². The molecule has 0 saturated carbocycles. The number of hydrazone groups is 1. The van der Waals surface area contributed by atoms with Crippen LogP contribution in [0.4, 0.5) is 0 Å². The van der Waals surface area contributed by atoms with E-state index in [1.165, 1.54) is 11.1 Å². The normalized spacial score (nSPS) is 14.6. The Balaban J connectivity index is 1.48. The number of piperazine rings is 1. The fourth-order valence-corrected chi connectivity index (χ4v) is 4.34. The zero-order valence-electron chi connectivity index (χ0n) is 19.5. The molecule has 0 bridgehead atoms. The molecule has 4 rings (SSSR count). The maximum Gasteiger partial charge on any atom is 0.203 e. The Kier molecular flexibility index (Phi) is 7.47. The van der Waals surface area contributed by atoms with Gasteiger partial charge in [-0.05, 0) is 23.3 Å². The van der Waals surface area contributed by atoms with Crippen LogP contribution in [-0.2, 0) is 0 Å². The van der Waals surface area contributed by atoms with Crippen LogP contribution in [0.1, 0.15) is 22.7 Å². The summed E-state index contributed by atoms with van der Waals surface area (Å²) in [6.07, 6.45) is 1.84. The van der Waals surface area contributed by atoms with Crippen molar-refractivity contribution >= 4 is 6.21 Å². The zero-order valence-corrected chi connectivity index (χ0v) is 19.5. The number of rotatable bonds is 8. The molecule has 6 nitrogen and oxygen atoms in total. The molecule has 0 unspecified atom stereocenters. The summed E-state index contributed by atoms with van der Waals surface area (Å²) >= 11 is 0. The van der Waals surface area contributed by atoms with Gasteiger partial charge in [0.15, 0.2) is 11.5 Å². The molecule has 0 N–H and O–H groups in total. The number of methoxy groups -OCH3 is 3. The molecule has 3 aromatic rings. The largest absolute Gasteiger partial charge is 0.493 e. The molecule has 33 heavy (non-hydrogen) atoms. The average molecular weight is 446 g/mol. The minimum absolute atomic E-state index is 0.240. The third-order valence-corrected chi connectivity index (χ3v) is 5.98. The Labute approximate surface area is 196 Å². The molecule has 1 heterocycles. The molecule has 172 valence electrons. The lowest BCUT2D eigenvalue weighted by atomic mass is 9.96. The Morgan fingerprint density at radius 2 is 1.27 bits per heavy atom. The third-order valence-electron chi connectivity index (χ3n) is 5.98. The summed E-state index contributed by atoms with van der Waals surface area (Å²) in [5, 5.41) is 6.85. The van der Waals surface area contributed by atoms with Crippen molar-refractivity contribution in [1.82, 2.24) is 9.91 Å². The van der Waals surface area contributed by atoms with E-state index in [1.807, 2.05) is 18.3 Å². The standard InChI is InChI=1S/C27H31N3O3/c1-31-24-15-14-23(26(32-2)27(24)33-3)20-28-30-18-16-29(17-19-30)25(21-10-6-4-7-11-21)22-12-8-5-9-13-22/h4-15,20,25H,16-19H2,1-3H3/b28-20-. The first-order valence-electron chi connectivity index (χ1n) is 11.2. The van der Waals surface area contributed by atoms with Crippen molar-refractivity contribution in [3.63, 3.8) is 0 Å². The molecular weight excluding hydrogens is 414 g/mol. The zero-order chi connectivity index (χ0) is 23.0. The first-order chi connectivity index (χ1) is 16.2. The molecule has 0 aromatic heterocycles. The van der Waals surface area contributed by atoms with Gasteiger partial charge in [-0.25, -0.2) is 0 Å². The summed E-state index contributed by atoms with van der Waals surface area (Å²) < 4.78 is 16.4. The SMILES string of the molecule is COc1ccc(/C=N\N2CCN(C(c3ccccc3)c3ccccc3)CC2)c(OC)c1OC. The van der Waals surface area contributed by atoms with E-state index >= 15 is 0 Å². The van der Waals surface area contributed by atoms with E-state index in [4.69, 9.17) is 19.3 Å². The summed E-state index contributed by atoms with van der Waals surface area (Å²) in [5.41, 5.74) is 3.48. The van der Waals surface area contributed by atoms with Crippen molar-refractivity contribution in [3.8, 4) is 17.2 Å². The number of hydrogen-bond donors (Lipinski definition) is 0. The van der Waals surface area contributed by atoms with E-state index in [1.54, 1.807) is 21.3 Å². The highest BCUT2D eigenvalue weighted by atomic mass is 16.5. The summed E-state index contributed by atoms with van der Waals surface area (Å²) in [7, 11) is 4.85. The van der Waals surface area contributed by atoms with Crippen LogP contribution in [0.5, 0.6) is 17.2 Å². The van der Waals surface area contributed by atoms with E-state index in [2.05, 4.69) is 70.6 Å². The van der Waals surface area contributed by atoms with Crippen LogP contribution in [0, 0.1) is 0 Å². The molecule has 1 aliphatic rings. The monoisotopic (exact) mass is 445 g/mol. The lowest BCUT2D eigenvalue weighted by Crippen LogP contribution is -2.45. The molecule has 1 saturated heterocycles. The first kappa shape index (κ1) is 22.7. The summed E-state index contributed by atoms with van der Waals surface area (Å²) in [5.74, 6) is 1.82. The van der Waals surface area contributed by atoms with E-state index in [-0.39, 0.29) is 6.04 Å². The molecular formula is C27H31N3O3. The van der Waals surface area contributed by atoms with Crippen molar-refractivity contribution in [1.29, 1.82) is 0 Å². The molecule has 0 amide bonds. The third kappa shape index (κ3) is 5.12. The van der Waals surface area contributed by atoms with Gasteiger partial charge in [-0.1, -0.05) is 60.7 Å². The van der Waals surface area contributed by atoms with Crippen LogP contribution in [0.2, 0.25) is 0 Å². The Bertz CT molecular complexity index is 1010. The molecule has 6 heteroatoms. The summed E-state index contributed by atoms with van der Waals surface area (Å²) in [4.78, 5) is 2.54. The van der Waals surface area contributed by atoms with Gasteiger partial charge in [-0.15, -0.1) is 0 Å². The van der Waals surface area contributed by atoms with E-state index in [0.29, 0.717) is 17.2 Å². The lowest BCUT2D eigenvalue weighted by Gasteiger charge is -2.38.